The van der Waals surface area contributed by atoms with Gasteiger partial charge in [-0.05, 0) is 13.0 Å². The van der Waals surface area contributed by atoms with Crippen molar-refractivity contribution in [2.24, 2.45) is 10.9 Å². The molecule has 1 aromatic rings. The lowest BCUT2D eigenvalue weighted by atomic mass is 10.4. The first-order chi connectivity index (χ1) is 8.19. The number of anilines is 1. The molecule has 0 bridgehead atoms. The van der Waals surface area contributed by atoms with Crippen LogP contribution in [0, 0.1) is 0 Å². The molecule has 0 fully saturated rings. The largest absolute Gasteiger partial charge is 0.409 e. The predicted molar refractivity (Wildman–Crippen MR) is 64.3 cm³/mol. The second-order valence-electron chi connectivity index (χ2n) is 3.35. The Morgan fingerprint density at radius 2 is 2.41 bits per heavy atom. The molecule has 1 aromatic heterocycles. The predicted octanol–water partition coefficient (Wildman–Crippen LogP) is 0.0438. The number of oxime groups is 1. The van der Waals surface area contributed by atoms with Crippen molar-refractivity contribution in [2.45, 2.75) is 6.92 Å². The maximum Gasteiger partial charge on any atom is 0.225 e. The summed E-state index contributed by atoms with van der Waals surface area (Å²) < 4.78 is 5.24. The summed E-state index contributed by atoms with van der Waals surface area (Å²) in [5.41, 5.74) is 5.84. The maximum absolute atomic E-state index is 8.56. The van der Waals surface area contributed by atoms with E-state index in [1.54, 1.807) is 12.3 Å². The van der Waals surface area contributed by atoms with Gasteiger partial charge in [0.2, 0.25) is 5.95 Å². The minimum absolute atomic E-state index is 0.0353. The molecule has 0 saturated heterocycles. The van der Waals surface area contributed by atoms with Gasteiger partial charge < -0.3 is 20.6 Å². The summed E-state index contributed by atoms with van der Waals surface area (Å²) >= 11 is 0. The van der Waals surface area contributed by atoms with Crippen LogP contribution in [0.15, 0.2) is 17.4 Å². The van der Waals surface area contributed by atoms with Gasteiger partial charge in [-0.3, -0.25) is 0 Å². The van der Waals surface area contributed by atoms with Crippen LogP contribution in [-0.4, -0.2) is 47.8 Å². The molecule has 0 amide bonds. The zero-order chi connectivity index (χ0) is 12.7. The van der Waals surface area contributed by atoms with Crippen molar-refractivity contribution in [1.82, 2.24) is 9.97 Å². The first-order valence-corrected chi connectivity index (χ1v) is 5.28. The smallest absolute Gasteiger partial charge is 0.225 e. The average molecular weight is 239 g/mol. The molecule has 1 heterocycles. The first kappa shape index (κ1) is 13.2. The van der Waals surface area contributed by atoms with E-state index in [2.05, 4.69) is 15.1 Å². The molecule has 0 aliphatic rings. The van der Waals surface area contributed by atoms with E-state index in [0.717, 1.165) is 0 Å². The van der Waals surface area contributed by atoms with Crippen molar-refractivity contribution in [3.8, 4) is 0 Å². The third-order valence-electron chi connectivity index (χ3n) is 2.13. The summed E-state index contributed by atoms with van der Waals surface area (Å²) in [5, 5.41) is 11.5. The third kappa shape index (κ3) is 3.87. The number of nitrogens with two attached hydrogens (primary N) is 1. The highest BCUT2D eigenvalue weighted by atomic mass is 16.5. The summed E-state index contributed by atoms with van der Waals surface area (Å²) in [6.07, 6.45) is 1.56. The monoisotopic (exact) mass is 239 g/mol. The summed E-state index contributed by atoms with van der Waals surface area (Å²) in [4.78, 5) is 10.1. The van der Waals surface area contributed by atoms with E-state index in [9.17, 15) is 0 Å². The molecule has 0 unspecified atom stereocenters. The fraction of sp³-hybridized carbons (Fsp3) is 0.500. The molecule has 17 heavy (non-hydrogen) atoms. The van der Waals surface area contributed by atoms with Crippen molar-refractivity contribution < 1.29 is 9.94 Å². The highest BCUT2D eigenvalue weighted by molar-refractivity contribution is 5.95. The normalized spacial score (nSPS) is 11.5. The van der Waals surface area contributed by atoms with Crippen LogP contribution in [-0.2, 0) is 4.74 Å². The Labute approximate surface area is 99.9 Å². The molecule has 94 valence electrons. The second-order valence-corrected chi connectivity index (χ2v) is 3.35. The minimum Gasteiger partial charge on any atom is -0.409 e. The number of ether oxygens (including phenoxy) is 1. The minimum atomic E-state index is -0.0353. The molecule has 0 aliphatic carbocycles. The Balaban J connectivity index is 2.70. The molecule has 3 N–H and O–H groups in total. The number of hydrogen-bond acceptors (Lipinski definition) is 6. The third-order valence-corrected chi connectivity index (χ3v) is 2.13. The van der Waals surface area contributed by atoms with E-state index in [0.29, 0.717) is 31.4 Å². The van der Waals surface area contributed by atoms with Gasteiger partial charge in [-0.1, -0.05) is 5.16 Å². The summed E-state index contributed by atoms with van der Waals surface area (Å²) in [5.74, 6) is 0.473. The Morgan fingerprint density at radius 1 is 1.65 bits per heavy atom. The van der Waals surface area contributed by atoms with E-state index in [-0.39, 0.29) is 5.84 Å². The van der Waals surface area contributed by atoms with Gasteiger partial charge in [-0.25, -0.2) is 9.97 Å². The number of hydrogen-bond donors (Lipinski definition) is 2. The summed E-state index contributed by atoms with van der Waals surface area (Å²) in [6.45, 7) is 3.89. The number of amidine groups is 1. The van der Waals surface area contributed by atoms with Crippen molar-refractivity contribution in [3.63, 3.8) is 0 Å². The lowest BCUT2D eigenvalue weighted by molar-refractivity contribution is 0.154. The quantitative estimate of drug-likeness (QED) is 0.239. The average Bonchev–Trinajstić information content (AvgIpc) is 2.38. The van der Waals surface area contributed by atoms with Crippen molar-refractivity contribution in [1.29, 1.82) is 0 Å². The van der Waals surface area contributed by atoms with Gasteiger partial charge in [0.1, 0.15) is 5.69 Å². The van der Waals surface area contributed by atoms with E-state index in [4.69, 9.17) is 15.7 Å². The fourth-order valence-corrected chi connectivity index (χ4v) is 1.17. The lowest BCUT2D eigenvalue weighted by Gasteiger charge is -2.16. The molecular formula is C10H17N5O2. The molecule has 1 rings (SSSR count). The highest BCUT2D eigenvalue weighted by Crippen LogP contribution is 2.05. The van der Waals surface area contributed by atoms with Gasteiger partial charge in [0.15, 0.2) is 5.84 Å². The van der Waals surface area contributed by atoms with Crippen molar-refractivity contribution in [2.75, 3.05) is 31.7 Å². The van der Waals surface area contributed by atoms with E-state index in [1.807, 2.05) is 18.9 Å². The molecule has 7 heteroatoms. The first-order valence-electron chi connectivity index (χ1n) is 5.28. The number of rotatable bonds is 6. The van der Waals surface area contributed by atoms with Crippen LogP contribution in [0.25, 0.3) is 0 Å². The molecule has 0 atom stereocenters. The van der Waals surface area contributed by atoms with Crippen LogP contribution in [0.2, 0.25) is 0 Å². The highest BCUT2D eigenvalue weighted by Gasteiger charge is 2.07. The topological polar surface area (TPSA) is 96.9 Å². The Bertz CT molecular complexity index is 383. The molecular weight excluding hydrogens is 222 g/mol. The van der Waals surface area contributed by atoms with E-state index < -0.39 is 0 Å². The standard InChI is InChI=1S/C10H17N5O2/c1-3-17-7-6-15(2)10-12-5-4-8(13-10)9(11)14-16/h4-5,16H,3,6-7H2,1-2H3,(H2,11,14). The van der Waals surface area contributed by atoms with Crippen LogP contribution in [0.3, 0.4) is 0 Å². The SMILES string of the molecule is CCOCCN(C)c1nccc(/C(N)=N/O)n1. The van der Waals surface area contributed by atoms with Gasteiger partial charge in [0.05, 0.1) is 6.61 Å². The summed E-state index contributed by atoms with van der Waals surface area (Å²) in [7, 11) is 1.85. The second kappa shape index (κ2) is 6.64. The Hall–Kier alpha value is -1.89. The Kier molecular flexibility index (Phi) is 5.15. The summed E-state index contributed by atoms with van der Waals surface area (Å²) in [6, 6.07) is 1.58. The lowest BCUT2D eigenvalue weighted by Crippen LogP contribution is -2.26. The van der Waals surface area contributed by atoms with Crippen LogP contribution >= 0.6 is 0 Å². The van der Waals surface area contributed by atoms with Crippen LogP contribution in [0.1, 0.15) is 12.6 Å². The number of nitrogens with zero attached hydrogens (tertiary/aromatic N) is 4. The van der Waals surface area contributed by atoms with Crippen LogP contribution < -0.4 is 10.6 Å². The molecule has 7 nitrogen and oxygen atoms in total. The molecule has 0 saturated carbocycles. The zero-order valence-corrected chi connectivity index (χ0v) is 10.00. The fourth-order valence-electron chi connectivity index (χ4n) is 1.17. The molecule has 0 spiro atoms. The van der Waals surface area contributed by atoms with Gasteiger partial charge in [0.25, 0.3) is 0 Å². The Morgan fingerprint density at radius 3 is 3.06 bits per heavy atom. The van der Waals surface area contributed by atoms with Crippen LogP contribution in [0.4, 0.5) is 5.95 Å². The number of aromatic nitrogens is 2. The van der Waals surface area contributed by atoms with E-state index in [1.165, 1.54) is 0 Å². The maximum atomic E-state index is 8.56. The van der Waals surface area contributed by atoms with Crippen LogP contribution in [0.5, 0.6) is 0 Å². The molecule has 0 radical (unpaired) electrons. The van der Waals surface area contributed by atoms with Crippen molar-refractivity contribution >= 4 is 11.8 Å². The zero-order valence-electron chi connectivity index (χ0n) is 10.00. The van der Waals surface area contributed by atoms with Crippen molar-refractivity contribution in [3.05, 3.63) is 18.0 Å². The molecule has 0 aromatic carbocycles. The molecule has 0 aliphatic heterocycles. The van der Waals surface area contributed by atoms with E-state index >= 15 is 0 Å². The van der Waals surface area contributed by atoms with Gasteiger partial charge >= 0.3 is 0 Å². The number of likely N-dealkylation sites (N-methyl/N-ethyl adjacent to an activating group) is 1. The van der Waals surface area contributed by atoms with Gasteiger partial charge in [-0.2, -0.15) is 0 Å². The van der Waals surface area contributed by atoms with Gasteiger partial charge in [0, 0.05) is 26.4 Å². The van der Waals surface area contributed by atoms with Gasteiger partial charge in [-0.15, -0.1) is 0 Å².